The number of carbonyl (C=O) groups excluding carboxylic acids is 2. The molecule has 1 aromatic heterocycles. The van der Waals surface area contributed by atoms with Gasteiger partial charge in [0.25, 0.3) is 0 Å². The van der Waals surface area contributed by atoms with Crippen molar-refractivity contribution in [2.75, 3.05) is 17.2 Å². The van der Waals surface area contributed by atoms with Gasteiger partial charge in [0.15, 0.2) is 5.12 Å². The van der Waals surface area contributed by atoms with E-state index in [0.717, 1.165) is 0 Å². The van der Waals surface area contributed by atoms with Gasteiger partial charge in [-0.3, -0.25) is 14.5 Å². The quantitative estimate of drug-likeness (QED) is 0.855. The Kier molecular flexibility index (Phi) is 4.24. The molecule has 96 valence electrons. The zero-order valence-electron chi connectivity index (χ0n) is 9.93. The second kappa shape index (κ2) is 5.71. The summed E-state index contributed by atoms with van der Waals surface area (Å²) in [7, 11) is 0. The molecule has 2 rings (SSSR count). The van der Waals surface area contributed by atoms with Gasteiger partial charge in [0.1, 0.15) is 5.82 Å². The third kappa shape index (κ3) is 3.23. The van der Waals surface area contributed by atoms with E-state index in [1.165, 1.54) is 18.0 Å². The van der Waals surface area contributed by atoms with E-state index in [9.17, 15) is 9.59 Å². The van der Waals surface area contributed by atoms with E-state index >= 15 is 0 Å². The van der Waals surface area contributed by atoms with Crippen molar-refractivity contribution in [3.8, 4) is 0 Å². The molecule has 2 heterocycles. The molecule has 0 aromatic carbocycles. The molecule has 1 aromatic rings. The molecule has 1 aliphatic heterocycles. The average Bonchev–Trinajstić information content (AvgIpc) is 2.69. The molecule has 0 spiro atoms. The summed E-state index contributed by atoms with van der Waals surface area (Å²) >= 11 is 7.03. The Morgan fingerprint density at radius 2 is 2.39 bits per heavy atom. The highest BCUT2D eigenvalue weighted by Gasteiger charge is 2.31. The second-order valence-electron chi connectivity index (χ2n) is 4.21. The van der Waals surface area contributed by atoms with Crippen molar-refractivity contribution >= 4 is 40.2 Å². The molecule has 1 amide bonds. The first-order valence-corrected chi connectivity index (χ1v) is 6.98. The normalized spacial score (nSPS) is 19.3. The number of thioether (sulfide) groups is 1. The van der Waals surface area contributed by atoms with E-state index in [-0.39, 0.29) is 16.9 Å². The number of rotatable bonds is 3. The second-order valence-corrected chi connectivity index (χ2v) is 5.85. The first-order chi connectivity index (χ1) is 8.56. The third-order valence-electron chi connectivity index (χ3n) is 2.72. The van der Waals surface area contributed by atoms with Crippen molar-refractivity contribution < 1.29 is 9.59 Å². The number of hydrogen-bond acceptors (Lipinski definition) is 4. The summed E-state index contributed by atoms with van der Waals surface area (Å²) in [4.78, 5) is 28.6. The van der Waals surface area contributed by atoms with Gasteiger partial charge in [-0.1, -0.05) is 23.4 Å². The van der Waals surface area contributed by atoms with Crippen LogP contribution in [0.2, 0.25) is 5.02 Å². The van der Waals surface area contributed by atoms with Crippen LogP contribution in [0.25, 0.3) is 0 Å². The van der Waals surface area contributed by atoms with Crippen LogP contribution in [0.15, 0.2) is 18.3 Å². The van der Waals surface area contributed by atoms with Gasteiger partial charge in [0.2, 0.25) is 5.91 Å². The summed E-state index contributed by atoms with van der Waals surface area (Å²) in [5, 5.41) is 0.639. The smallest absolute Gasteiger partial charge is 0.228 e. The van der Waals surface area contributed by atoms with Crippen LogP contribution in [0.3, 0.4) is 0 Å². The molecule has 18 heavy (non-hydrogen) atoms. The fourth-order valence-corrected chi connectivity index (χ4v) is 2.68. The third-order valence-corrected chi connectivity index (χ3v) is 3.98. The largest absolute Gasteiger partial charge is 0.297 e. The molecule has 6 heteroatoms. The highest BCUT2D eigenvalue weighted by Crippen LogP contribution is 2.26. The minimum atomic E-state index is 0.0546. The number of carbonyl (C=O) groups is 2. The van der Waals surface area contributed by atoms with Crippen molar-refractivity contribution in [3.63, 3.8) is 0 Å². The first kappa shape index (κ1) is 13.4. The van der Waals surface area contributed by atoms with Gasteiger partial charge >= 0.3 is 0 Å². The molecular formula is C12H13ClN2O2S. The Hall–Kier alpha value is -1.07. The van der Waals surface area contributed by atoms with E-state index in [1.54, 1.807) is 24.0 Å². The molecule has 0 bridgehead atoms. The van der Waals surface area contributed by atoms with Crippen LogP contribution >= 0.6 is 23.4 Å². The molecule has 0 saturated carbocycles. The lowest BCUT2D eigenvalue weighted by molar-refractivity contribution is -0.117. The predicted molar refractivity (Wildman–Crippen MR) is 72.8 cm³/mol. The molecule has 0 aliphatic carbocycles. The van der Waals surface area contributed by atoms with Crippen LogP contribution < -0.4 is 4.90 Å². The van der Waals surface area contributed by atoms with Gasteiger partial charge in [-0.05, 0) is 18.1 Å². The maximum atomic E-state index is 11.9. The summed E-state index contributed by atoms with van der Waals surface area (Å²) in [6.45, 7) is 2.16. The minimum absolute atomic E-state index is 0.0546. The Labute approximate surface area is 115 Å². The monoisotopic (exact) mass is 284 g/mol. The predicted octanol–water partition coefficient (Wildman–Crippen LogP) is 2.37. The van der Waals surface area contributed by atoms with E-state index < -0.39 is 0 Å². The first-order valence-electron chi connectivity index (χ1n) is 5.61. The number of anilines is 1. The lowest BCUT2D eigenvalue weighted by Crippen LogP contribution is -2.25. The highest BCUT2D eigenvalue weighted by molar-refractivity contribution is 8.13. The van der Waals surface area contributed by atoms with Gasteiger partial charge < -0.3 is 0 Å². The van der Waals surface area contributed by atoms with Gasteiger partial charge in [0.05, 0.1) is 5.02 Å². The molecular weight excluding hydrogens is 272 g/mol. The molecule has 1 saturated heterocycles. The van der Waals surface area contributed by atoms with Gasteiger partial charge in [-0.2, -0.15) is 0 Å². The number of aromatic nitrogens is 1. The lowest BCUT2D eigenvalue weighted by atomic mass is 10.1. The maximum Gasteiger partial charge on any atom is 0.228 e. The van der Waals surface area contributed by atoms with Crippen molar-refractivity contribution in [3.05, 3.63) is 23.4 Å². The van der Waals surface area contributed by atoms with Crippen LogP contribution in [0.5, 0.6) is 0 Å². The molecule has 4 nitrogen and oxygen atoms in total. The number of hydrogen-bond donors (Lipinski definition) is 0. The van der Waals surface area contributed by atoms with E-state index in [1.807, 2.05) is 0 Å². The topological polar surface area (TPSA) is 50.3 Å². The molecule has 1 fully saturated rings. The van der Waals surface area contributed by atoms with Crippen molar-refractivity contribution in [2.45, 2.75) is 13.3 Å². The number of amides is 1. The molecule has 1 unspecified atom stereocenters. The zero-order valence-corrected chi connectivity index (χ0v) is 11.5. The lowest BCUT2D eigenvalue weighted by Gasteiger charge is -2.15. The van der Waals surface area contributed by atoms with Crippen molar-refractivity contribution in [1.82, 2.24) is 4.98 Å². The SMILES string of the molecule is CC(=O)SCC1CC(=O)N(c2ccc(Cl)cn2)C1. The standard InChI is InChI=1S/C12H13ClN2O2S/c1-8(16)18-7-9-4-12(17)15(6-9)11-3-2-10(13)5-14-11/h2-3,5,9H,4,6-7H2,1H3. The van der Waals surface area contributed by atoms with Crippen LogP contribution in [0.4, 0.5) is 5.82 Å². The van der Waals surface area contributed by atoms with Crippen LogP contribution in [-0.4, -0.2) is 28.3 Å². The Morgan fingerprint density at radius 1 is 1.61 bits per heavy atom. The molecule has 1 aliphatic rings. The fourth-order valence-electron chi connectivity index (χ4n) is 1.88. The summed E-state index contributed by atoms with van der Waals surface area (Å²) in [5.41, 5.74) is 0. The Bertz CT molecular complexity index is 464. The molecule has 1 atom stereocenters. The summed E-state index contributed by atoms with van der Waals surface area (Å²) < 4.78 is 0. The summed E-state index contributed by atoms with van der Waals surface area (Å²) in [6, 6.07) is 3.45. The van der Waals surface area contributed by atoms with Gasteiger partial charge in [-0.25, -0.2) is 4.98 Å². The Balaban J connectivity index is 2.00. The van der Waals surface area contributed by atoms with Gasteiger partial charge in [0, 0.05) is 31.8 Å². The summed E-state index contributed by atoms with van der Waals surface area (Å²) in [6.07, 6.45) is 2.01. The van der Waals surface area contributed by atoms with E-state index in [4.69, 9.17) is 11.6 Å². The zero-order chi connectivity index (χ0) is 13.1. The summed E-state index contributed by atoms with van der Waals surface area (Å²) in [5.74, 6) is 1.58. The van der Waals surface area contributed by atoms with Crippen molar-refractivity contribution in [1.29, 1.82) is 0 Å². The maximum absolute atomic E-state index is 11.9. The van der Waals surface area contributed by atoms with Crippen molar-refractivity contribution in [2.24, 2.45) is 5.92 Å². The minimum Gasteiger partial charge on any atom is -0.297 e. The number of pyridine rings is 1. The molecule has 0 radical (unpaired) electrons. The highest BCUT2D eigenvalue weighted by atomic mass is 35.5. The van der Waals surface area contributed by atoms with Crippen LogP contribution in [-0.2, 0) is 9.59 Å². The number of halogens is 1. The number of nitrogens with zero attached hydrogens (tertiary/aromatic N) is 2. The van der Waals surface area contributed by atoms with Gasteiger partial charge in [-0.15, -0.1) is 0 Å². The average molecular weight is 285 g/mol. The molecule has 0 N–H and O–H groups in total. The Morgan fingerprint density at radius 3 is 3.00 bits per heavy atom. The van der Waals surface area contributed by atoms with Crippen LogP contribution in [0, 0.1) is 5.92 Å². The van der Waals surface area contributed by atoms with E-state index in [2.05, 4.69) is 4.98 Å². The van der Waals surface area contributed by atoms with E-state index in [0.29, 0.717) is 29.6 Å². The van der Waals surface area contributed by atoms with Crippen LogP contribution in [0.1, 0.15) is 13.3 Å². The fraction of sp³-hybridized carbons (Fsp3) is 0.417.